The minimum absolute atomic E-state index is 0.0782. The van der Waals surface area contributed by atoms with E-state index in [0.717, 1.165) is 41.5 Å². The molecule has 1 amide bonds. The van der Waals surface area contributed by atoms with Gasteiger partial charge in [0.15, 0.2) is 0 Å². The third-order valence-corrected chi connectivity index (χ3v) is 8.18. The number of hydrogen-bond acceptors (Lipinski definition) is 6. The minimum Gasteiger partial charge on any atom is -0.336 e. The summed E-state index contributed by atoms with van der Waals surface area (Å²) in [6, 6.07) is 11.7. The van der Waals surface area contributed by atoms with Crippen LogP contribution in [0.1, 0.15) is 32.2 Å². The average molecular weight is 485 g/mol. The summed E-state index contributed by atoms with van der Waals surface area (Å²) in [5.41, 5.74) is 4.02. The summed E-state index contributed by atoms with van der Waals surface area (Å²) in [7, 11) is -3.74. The molecule has 7 nitrogen and oxygen atoms in total. The number of benzene rings is 2. The molecular formula is C24H28N4O3S2. The Bertz CT molecular complexity index is 1240. The molecule has 1 aromatic heterocycles. The van der Waals surface area contributed by atoms with Crippen LogP contribution >= 0.6 is 11.3 Å². The highest BCUT2D eigenvalue weighted by Gasteiger charge is 2.23. The summed E-state index contributed by atoms with van der Waals surface area (Å²) in [4.78, 5) is 21.7. The highest BCUT2D eigenvalue weighted by atomic mass is 32.2. The molecule has 1 saturated heterocycles. The first-order valence-corrected chi connectivity index (χ1v) is 13.2. The normalized spacial score (nSPS) is 14.9. The summed E-state index contributed by atoms with van der Waals surface area (Å²) in [6.45, 7) is 9.46. The van der Waals surface area contributed by atoms with Crippen molar-refractivity contribution < 1.29 is 13.2 Å². The number of rotatable bonds is 6. The van der Waals surface area contributed by atoms with E-state index in [4.69, 9.17) is 0 Å². The maximum absolute atomic E-state index is 12.9. The van der Waals surface area contributed by atoms with E-state index < -0.39 is 10.0 Å². The van der Waals surface area contributed by atoms with Gasteiger partial charge in [-0.25, -0.2) is 13.4 Å². The van der Waals surface area contributed by atoms with Crippen molar-refractivity contribution >= 4 is 33.0 Å². The van der Waals surface area contributed by atoms with Crippen molar-refractivity contribution in [2.24, 2.45) is 0 Å². The van der Waals surface area contributed by atoms with Gasteiger partial charge in [-0.3, -0.25) is 14.4 Å². The average Bonchev–Trinajstić information content (AvgIpc) is 3.21. The van der Waals surface area contributed by atoms with E-state index in [1.54, 1.807) is 29.5 Å². The van der Waals surface area contributed by atoms with Crippen molar-refractivity contribution in [3.05, 3.63) is 75.2 Å². The number of carbonyl (C=O) groups excluding carboxylic acids is 1. The van der Waals surface area contributed by atoms with E-state index in [9.17, 15) is 13.2 Å². The van der Waals surface area contributed by atoms with E-state index in [2.05, 4.69) is 20.0 Å². The molecule has 2 aromatic carbocycles. The first-order valence-electron chi connectivity index (χ1n) is 10.8. The maximum atomic E-state index is 12.9. The molecule has 0 aliphatic carbocycles. The predicted octanol–water partition coefficient (Wildman–Crippen LogP) is 3.83. The van der Waals surface area contributed by atoms with Gasteiger partial charge in [0.25, 0.3) is 15.9 Å². The van der Waals surface area contributed by atoms with Gasteiger partial charge in [0.2, 0.25) is 0 Å². The number of amides is 1. The molecule has 174 valence electrons. The van der Waals surface area contributed by atoms with Crippen LogP contribution in [0.4, 0.5) is 5.69 Å². The Balaban J connectivity index is 1.37. The molecule has 33 heavy (non-hydrogen) atoms. The van der Waals surface area contributed by atoms with Crippen molar-refractivity contribution in [3.8, 4) is 0 Å². The molecule has 4 rings (SSSR count). The molecule has 1 aliphatic rings. The van der Waals surface area contributed by atoms with E-state index in [-0.39, 0.29) is 10.8 Å². The van der Waals surface area contributed by atoms with Crippen molar-refractivity contribution in [1.82, 2.24) is 14.8 Å². The Hall–Kier alpha value is -2.75. The van der Waals surface area contributed by atoms with Gasteiger partial charge in [0.1, 0.15) is 0 Å². The van der Waals surface area contributed by atoms with Crippen LogP contribution in [0.5, 0.6) is 0 Å². The molecule has 0 saturated carbocycles. The third-order valence-electron chi connectivity index (χ3n) is 5.97. The monoisotopic (exact) mass is 484 g/mol. The number of anilines is 1. The molecule has 2 heterocycles. The van der Waals surface area contributed by atoms with Gasteiger partial charge in [-0.2, -0.15) is 0 Å². The second kappa shape index (κ2) is 9.62. The molecule has 3 aromatic rings. The van der Waals surface area contributed by atoms with Crippen molar-refractivity contribution in [1.29, 1.82) is 0 Å². The number of aryl methyl sites for hydroxylation is 2. The molecule has 0 atom stereocenters. The SMILES string of the molecule is Cc1nc(CN2CCN(C(=O)c3ccc(S(=O)(=O)Nc4cccc(C)c4C)cc3)CC2)cs1. The van der Waals surface area contributed by atoms with Gasteiger partial charge in [-0.15, -0.1) is 11.3 Å². The number of carbonyl (C=O) groups is 1. The van der Waals surface area contributed by atoms with Gasteiger partial charge in [0.05, 0.1) is 21.3 Å². The Morgan fingerprint density at radius 1 is 1.03 bits per heavy atom. The Kier molecular flexibility index (Phi) is 6.83. The van der Waals surface area contributed by atoms with E-state index >= 15 is 0 Å². The maximum Gasteiger partial charge on any atom is 0.261 e. The van der Waals surface area contributed by atoms with E-state index in [1.165, 1.54) is 12.1 Å². The first-order chi connectivity index (χ1) is 15.7. The number of aromatic nitrogens is 1. The Morgan fingerprint density at radius 2 is 1.73 bits per heavy atom. The zero-order valence-electron chi connectivity index (χ0n) is 19.0. The van der Waals surface area contributed by atoms with Crippen LogP contribution in [0.25, 0.3) is 0 Å². The van der Waals surface area contributed by atoms with E-state index in [1.807, 2.05) is 37.8 Å². The lowest BCUT2D eigenvalue weighted by molar-refractivity contribution is 0.0627. The molecule has 0 bridgehead atoms. The fourth-order valence-corrected chi connectivity index (χ4v) is 5.57. The van der Waals surface area contributed by atoms with Crippen molar-refractivity contribution in [2.75, 3.05) is 30.9 Å². The van der Waals surface area contributed by atoms with Crippen molar-refractivity contribution in [2.45, 2.75) is 32.2 Å². The van der Waals surface area contributed by atoms with Crippen molar-refractivity contribution in [3.63, 3.8) is 0 Å². The number of nitrogens with zero attached hydrogens (tertiary/aromatic N) is 3. The van der Waals surface area contributed by atoms with Crippen LogP contribution < -0.4 is 4.72 Å². The predicted molar refractivity (Wildman–Crippen MR) is 131 cm³/mol. The van der Waals surface area contributed by atoms with Crippen LogP contribution in [0, 0.1) is 20.8 Å². The lowest BCUT2D eigenvalue weighted by Crippen LogP contribution is -2.48. The summed E-state index contributed by atoms with van der Waals surface area (Å²) < 4.78 is 28.3. The largest absolute Gasteiger partial charge is 0.336 e. The first kappa shape index (κ1) is 23.4. The molecule has 0 radical (unpaired) electrons. The van der Waals surface area contributed by atoms with Gasteiger partial charge < -0.3 is 4.90 Å². The summed E-state index contributed by atoms with van der Waals surface area (Å²) in [5, 5.41) is 3.14. The number of sulfonamides is 1. The summed E-state index contributed by atoms with van der Waals surface area (Å²) in [6.07, 6.45) is 0. The number of hydrogen-bond donors (Lipinski definition) is 1. The molecule has 1 fully saturated rings. The molecule has 1 aliphatic heterocycles. The number of thiazole rings is 1. The standard InChI is InChI=1S/C24H28N4O3S2/c1-17-5-4-6-23(18(17)2)26-33(30,31)22-9-7-20(8-10-22)24(29)28-13-11-27(12-14-28)15-21-16-32-19(3)25-21/h4-10,16,26H,11-15H2,1-3H3. The zero-order valence-corrected chi connectivity index (χ0v) is 20.7. The third kappa shape index (κ3) is 5.43. The van der Waals surface area contributed by atoms with Crippen LogP contribution in [0.3, 0.4) is 0 Å². The van der Waals surface area contributed by atoms with Gasteiger partial charge in [-0.05, 0) is 62.2 Å². The minimum atomic E-state index is -3.74. The summed E-state index contributed by atoms with van der Waals surface area (Å²) >= 11 is 1.65. The molecule has 0 unspecified atom stereocenters. The molecule has 0 spiro atoms. The number of piperazine rings is 1. The highest BCUT2D eigenvalue weighted by molar-refractivity contribution is 7.92. The van der Waals surface area contributed by atoms with Gasteiger partial charge in [0, 0.05) is 43.7 Å². The highest BCUT2D eigenvalue weighted by Crippen LogP contribution is 2.22. The van der Waals surface area contributed by atoms with Crippen LogP contribution in [0.15, 0.2) is 52.7 Å². The lowest BCUT2D eigenvalue weighted by atomic mass is 10.1. The van der Waals surface area contributed by atoms with Crippen LogP contribution in [-0.2, 0) is 16.6 Å². The Morgan fingerprint density at radius 3 is 2.36 bits per heavy atom. The zero-order chi connectivity index (χ0) is 23.6. The fraction of sp³-hybridized carbons (Fsp3) is 0.333. The molecule has 9 heteroatoms. The Labute approximate surface area is 199 Å². The molecular weight excluding hydrogens is 456 g/mol. The fourth-order valence-electron chi connectivity index (χ4n) is 3.84. The van der Waals surface area contributed by atoms with Crippen LogP contribution in [-0.4, -0.2) is 55.3 Å². The number of nitrogens with one attached hydrogen (secondary N) is 1. The van der Waals surface area contributed by atoms with Gasteiger partial charge in [-0.1, -0.05) is 12.1 Å². The van der Waals surface area contributed by atoms with Gasteiger partial charge >= 0.3 is 0 Å². The molecule has 1 N–H and O–H groups in total. The topological polar surface area (TPSA) is 82.6 Å². The smallest absolute Gasteiger partial charge is 0.261 e. The van der Waals surface area contributed by atoms with Crippen LogP contribution in [0.2, 0.25) is 0 Å². The quantitative estimate of drug-likeness (QED) is 0.575. The second-order valence-corrected chi connectivity index (χ2v) is 11.0. The lowest BCUT2D eigenvalue weighted by Gasteiger charge is -2.34. The second-order valence-electron chi connectivity index (χ2n) is 8.30. The van der Waals surface area contributed by atoms with E-state index in [0.29, 0.717) is 24.3 Å². The summed E-state index contributed by atoms with van der Waals surface area (Å²) in [5.74, 6) is -0.0782.